The van der Waals surface area contributed by atoms with E-state index in [0.29, 0.717) is 6.54 Å². The Balaban J connectivity index is 1.80. The molecule has 1 aromatic heterocycles. The molecule has 1 saturated heterocycles. The Morgan fingerprint density at radius 3 is 2.88 bits per heavy atom. The molecule has 1 N–H and O–H groups in total. The van der Waals surface area contributed by atoms with Crippen LogP contribution in [0.4, 0.5) is 5.69 Å². The lowest BCUT2D eigenvalue weighted by molar-refractivity contribution is -0.117. The lowest BCUT2D eigenvalue weighted by atomic mass is 10.1. The number of pyridine rings is 1. The summed E-state index contributed by atoms with van der Waals surface area (Å²) in [6.07, 6.45) is 7.06. The molecule has 0 radical (unpaired) electrons. The van der Waals surface area contributed by atoms with Gasteiger partial charge in [-0.1, -0.05) is 6.42 Å². The number of anilines is 1. The van der Waals surface area contributed by atoms with E-state index >= 15 is 0 Å². The Bertz CT molecular complexity index is 333. The van der Waals surface area contributed by atoms with Crippen LogP contribution in [-0.2, 0) is 4.79 Å². The Morgan fingerprint density at radius 2 is 2.19 bits per heavy atom. The third kappa shape index (κ3) is 3.31. The summed E-state index contributed by atoms with van der Waals surface area (Å²) in [5, 5.41) is 2.85. The Kier molecular flexibility index (Phi) is 3.88. The molecule has 1 aromatic rings. The summed E-state index contributed by atoms with van der Waals surface area (Å²) in [7, 11) is 0. The van der Waals surface area contributed by atoms with Gasteiger partial charge in [-0.2, -0.15) is 0 Å². The average Bonchev–Trinajstić information content (AvgIpc) is 2.31. The average molecular weight is 219 g/mol. The van der Waals surface area contributed by atoms with Crippen molar-refractivity contribution in [2.75, 3.05) is 25.0 Å². The number of hydrogen-bond acceptors (Lipinski definition) is 3. The topological polar surface area (TPSA) is 45.2 Å². The number of carbonyl (C=O) groups excluding carboxylic acids is 1. The highest BCUT2D eigenvalue weighted by molar-refractivity contribution is 5.92. The summed E-state index contributed by atoms with van der Waals surface area (Å²) in [6.45, 7) is 2.58. The van der Waals surface area contributed by atoms with E-state index in [2.05, 4.69) is 15.2 Å². The third-order valence-corrected chi connectivity index (χ3v) is 2.76. The van der Waals surface area contributed by atoms with E-state index in [4.69, 9.17) is 0 Å². The first-order valence-electron chi connectivity index (χ1n) is 5.77. The van der Waals surface area contributed by atoms with Crippen molar-refractivity contribution in [3.05, 3.63) is 24.5 Å². The number of aromatic nitrogens is 1. The largest absolute Gasteiger partial charge is 0.324 e. The normalized spacial score (nSPS) is 17.0. The molecule has 86 valence electrons. The van der Waals surface area contributed by atoms with Crippen LogP contribution in [0.1, 0.15) is 19.3 Å². The van der Waals surface area contributed by atoms with E-state index in [-0.39, 0.29) is 5.91 Å². The zero-order chi connectivity index (χ0) is 11.2. The number of nitrogens with zero attached hydrogens (tertiary/aromatic N) is 2. The van der Waals surface area contributed by atoms with Crippen LogP contribution in [0.5, 0.6) is 0 Å². The quantitative estimate of drug-likeness (QED) is 0.838. The zero-order valence-corrected chi connectivity index (χ0v) is 9.35. The highest BCUT2D eigenvalue weighted by atomic mass is 16.2. The van der Waals surface area contributed by atoms with Crippen molar-refractivity contribution in [1.29, 1.82) is 0 Å². The summed E-state index contributed by atoms with van der Waals surface area (Å²) in [4.78, 5) is 17.9. The second-order valence-electron chi connectivity index (χ2n) is 4.13. The molecular weight excluding hydrogens is 202 g/mol. The summed E-state index contributed by atoms with van der Waals surface area (Å²) in [5.41, 5.74) is 0.768. The lowest BCUT2D eigenvalue weighted by Crippen LogP contribution is -2.36. The standard InChI is InChI=1S/C12H17N3O/c16-12(10-15-7-2-1-3-8-15)14-11-5-4-6-13-9-11/h4-6,9H,1-3,7-8,10H2,(H,14,16). The molecule has 2 heterocycles. The zero-order valence-electron chi connectivity index (χ0n) is 9.35. The van der Waals surface area contributed by atoms with Gasteiger partial charge in [0, 0.05) is 6.20 Å². The van der Waals surface area contributed by atoms with Crippen molar-refractivity contribution in [3.63, 3.8) is 0 Å². The minimum absolute atomic E-state index is 0.0508. The van der Waals surface area contributed by atoms with Gasteiger partial charge in [0.15, 0.2) is 0 Å². The Hall–Kier alpha value is -1.42. The number of hydrogen-bond donors (Lipinski definition) is 1. The first-order valence-corrected chi connectivity index (χ1v) is 5.77. The molecule has 1 aliphatic heterocycles. The molecule has 0 saturated carbocycles. The van der Waals surface area contributed by atoms with Crippen LogP contribution in [0.15, 0.2) is 24.5 Å². The second kappa shape index (κ2) is 5.61. The summed E-state index contributed by atoms with van der Waals surface area (Å²) in [5.74, 6) is 0.0508. The van der Waals surface area contributed by atoms with Gasteiger partial charge in [0.1, 0.15) is 0 Å². The van der Waals surface area contributed by atoms with Gasteiger partial charge in [-0.15, -0.1) is 0 Å². The van der Waals surface area contributed by atoms with Crippen molar-refractivity contribution < 1.29 is 4.79 Å². The number of nitrogens with one attached hydrogen (secondary N) is 1. The van der Waals surface area contributed by atoms with Crippen molar-refractivity contribution in [3.8, 4) is 0 Å². The molecule has 0 bridgehead atoms. The van der Waals surface area contributed by atoms with E-state index in [1.165, 1.54) is 19.3 Å². The van der Waals surface area contributed by atoms with Crippen LogP contribution in [0.2, 0.25) is 0 Å². The molecular formula is C12H17N3O. The van der Waals surface area contributed by atoms with E-state index < -0.39 is 0 Å². The smallest absolute Gasteiger partial charge is 0.238 e. The molecule has 0 aromatic carbocycles. The molecule has 1 aliphatic rings. The van der Waals surface area contributed by atoms with Gasteiger partial charge < -0.3 is 5.32 Å². The lowest BCUT2D eigenvalue weighted by Gasteiger charge is -2.25. The molecule has 0 spiro atoms. The van der Waals surface area contributed by atoms with Crippen molar-refractivity contribution in [2.24, 2.45) is 0 Å². The van der Waals surface area contributed by atoms with Crippen LogP contribution in [0.25, 0.3) is 0 Å². The molecule has 16 heavy (non-hydrogen) atoms. The second-order valence-corrected chi connectivity index (χ2v) is 4.13. The number of amides is 1. The van der Waals surface area contributed by atoms with Crippen LogP contribution in [0, 0.1) is 0 Å². The summed E-state index contributed by atoms with van der Waals surface area (Å²) in [6, 6.07) is 3.66. The fourth-order valence-corrected chi connectivity index (χ4v) is 1.96. The maximum atomic E-state index is 11.7. The summed E-state index contributed by atoms with van der Waals surface area (Å²) < 4.78 is 0. The van der Waals surface area contributed by atoms with Gasteiger partial charge >= 0.3 is 0 Å². The maximum absolute atomic E-state index is 11.7. The van der Waals surface area contributed by atoms with E-state index in [0.717, 1.165) is 18.8 Å². The minimum Gasteiger partial charge on any atom is -0.324 e. The van der Waals surface area contributed by atoms with Gasteiger partial charge in [0.25, 0.3) is 0 Å². The number of likely N-dealkylation sites (tertiary alicyclic amines) is 1. The van der Waals surface area contributed by atoms with Crippen LogP contribution in [-0.4, -0.2) is 35.4 Å². The fraction of sp³-hybridized carbons (Fsp3) is 0.500. The molecule has 4 heteroatoms. The van der Waals surface area contributed by atoms with E-state index in [9.17, 15) is 4.79 Å². The van der Waals surface area contributed by atoms with Crippen molar-refractivity contribution >= 4 is 11.6 Å². The fourth-order valence-electron chi connectivity index (χ4n) is 1.96. The predicted molar refractivity (Wildman–Crippen MR) is 63.2 cm³/mol. The van der Waals surface area contributed by atoms with Crippen LogP contribution < -0.4 is 5.32 Å². The van der Waals surface area contributed by atoms with Gasteiger partial charge in [0.2, 0.25) is 5.91 Å². The highest BCUT2D eigenvalue weighted by Crippen LogP contribution is 2.08. The van der Waals surface area contributed by atoms with E-state index in [1.807, 2.05) is 12.1 Å². The molecule has 2 rings (SSSR count). The van der Waals surface area contributed by atoms with Gasteiger partial charge in [-0.3, -0.25) is 14.7 Å². The number of carbonyl (C=O) groups is 1. The third-order valence-electron chi connectivity index (χ3n) is 2.76. The van der Waals surface area contributed by atoms with E-state index in [1.54, 1.807) is 12.4 Å². The molecule has 1 amide bonds. The monoisotopic (exact) mass is 219 g/mol. The molecule has 1 fully saturated rings. The van der Waals surface area contributed by atoms with Crippen molar-refractivity contribution in [1.82, 2.24) is 9.88 Å². The first kappa shape index (κ1) is 11.1. The Morgan fingerprint density at radius 1 is 1.38 bits per heavy atom. The van der Waals surface area contributed by atoms with Gasteiger partial charge in [-0.25, -0.2) is 0 Å². The Labute approximate surface area is 95.7 Å². The maximum Gasteiger partial charge on any atom is 0.238 e. The molecule has 4 nitrogen and oxygen atoms in total. The molecule has 0 aliphatic carbocycles. The number of rotatable bonds is 3. The van der Waals surface area contributed by atoms with Crippen LogP contribution in [0.3, 0.4) is 0 Å². The SMILES string of the molecule is O=C(CN1CCCCC1)Nc1cccnc1. The minimum atomic E-state index is 0.0508. The first-order chi connectivity index (χ1) is 7.84. The van der Waals surface area contributed by atoms with Gasteiger partial charge in [0.05, 0.1) is 18.4 Å². The molecule has 0 unspecified atom stereocenters. The van der Waals surface area contributed by atoms with Crippen molar-refractivity contribution in [2.45, 2.75) is 19.3 Å². The van der Waals surface area contributed by atoms with Crippen LogP contribution >= 0.6 is 0 Å². The van der Waals surface area contributed by atoms with Gasteiger partial charge in [-0.05, 0) is 38.1 Å². The number of piperidine rings is 1. The highest BCUT2D eigenvalue weighted by Gasteiger charge is 2.13. The summed E-state index contributed by atoms with van der Waals surface area (Å²) >= 11 is 0. The molecule has 0 atom stereocenters. The predicted octanol–water partition coefficient (Wildman–Crippen LogP) is 1.51.